The third kappa shape index (κ3) is 5.11. The number of likely N-dealkylation sites (N-methyl/N-ethyl adjacent to an activating group) is 1. The molecule has 0 bridgehead atoms. The smallest absolute Gasteiger partial charge is 0.255 e. The van der Waals surface area contributed by atoms with Crippen molar-refractivity contribution >= 4 is 23.2 Å². The molecule has 0 heterocycles. The van der Waals surface area contributed by atoms with E-state index in [0.717, 1.165) is 6.54 Å². The van der Waals surface area contributed by atoms with Gasteiger partial charge in [0.25, 0.3) is 5.91 Å². The molecule has 0 spiro atoms. The number of nitrogens with zero attached hydrogens (tertiary/aromatic N) is 1. The molecule has 2 rings (SSSR count). The van der Waals surface area contributed by atoms with Gasteiger partial charge in [-0.3, -0.25) is 9.69 Å². The van der Waals surface area contributed by atoms with E-state index >= 15 is 0 Å². The first-order valence-corrected chi connectivity index (χ1v) is 8.45. The third-order valence-electron chi connectivity index (χ3n) is 4.15. The van der Waals surface area contributed by atoms with Gasteiger partial charge in [0.1, 0.15) is 5.75 Å². The Labute approximate surface area is 153 Å². The van der Waals surface area contributed by atoms with E-state index in [1.807, 2.05) is 25.2 Å². The Balaban J connectivity index is 1.96. The van der Waals surface area contributed by atoms with E-state index in [0.29, 0.717) is 28.6 Å². The lowest BCUT2D eigenvalue weighted by atomic mass is 10.1. The van der Waals surface area contributed by atoms with Gasteiger partial charge in [0.05, 0.1) is 23.4 Å². The van der Waals surface area contributed by atoms with E-state index in [9.17, 15) is 4.79 Å². The Morgan fingerprint density at radius 2 is 2.00 bits per heavy atom. The van der Waals surface area contributed by atoms with Crippen molar-refractivity contribution in [3.63, 3.8) is 0 Å². The van der Waals surface area contributed by atoms with Crippen molar-refractivity contribution in [1.82, 2.24) is 10.2 Å². The Morgan fingerprint density at radius 1 is 1.32 bits per heavy atom. The van der Waals surface area contributed by atoms with E-state index in [4.69, 9.17) is 22.1 Å². The summed E-state index contributed by atoms with van der Waals surface area (Å²) in [5.74, 6) is 0.170. The van der Waals surface area contributed by atoms with Crippen LogP contribution in [-0.4, -0.2) is 37.6 Å². The summed E-state index contributed by atoms with van der Waals surface area (Å²) in [6.07, 6.45) is 0. The van der Waals surface area contributed by atoms with Crippen molar-refractivity contribution in [2.45, 2.75) is 19.5 Å². The molecule has 0 aliphatic heterocycles. The second kappa shape index (κ2) is 8.74. The Morgan fingerprint density at radius 3 is 2.64 bits per heavy atom. The second-order valence-electron chi connectivity index (χ2n) is 6.03. The molecule has 0 aliphatic rings. The highest BCUT2D eigenvalue weighted by atomic mass is 35.5. The van der Waals surface area contributed by atoms with Crippen LogP contribution >= 0.6 is 11.6 Å². The van der Waals surface area contributed by atoms with Gasteiger partial charge in [0, 0.05) is 25.2 Å². The lowest BCUT2D eigenvalue weighted by molar-refractivity contribution is 0.0937. The zero-order valence-corrected chi connectivity index (χ0v) is 15.5. The molecular formula is C19H24ClN3O2. The average molecular weight is 362 g/mol. The number of nitrogens with two attached hydrogens (primary N) is 1. The lowest BCUT2D eigenvalue weighted by Crippen LogP contribution is -2.39. The number of rotatable bonds is 7. The SMILES string of the molecule is COc1cc(N)c(Cl)cc1C(=O)NCC(C)N(C)Cc1ccccc1. The number of hydrogen-bond donors (Lipinski definition) is 2. The molecule has 25 heavy (non-hydrogen) atoms. The van der Waals surface area contributed by atoms with Gasteiger partial charge in [-0.25, -0.2) is 0 Å². The number of methoxy groups -OCH3 is 1. The van der Waals surface area contributed by atoms with Crippen molar-refractivity contribution in [2.75, 3.05) is 26.4 Å². The molecule has 0 saturated heterocycles. The molecule has 0 fully saturated rings. The minimum absolute atomic E-state index is 0.166. The van der Waals surface area contributed by atoms with E-state index in [1.54, 1.807) is 6.07 Å². The van der Waals surface area contributed by atoms with Crippen molar-refractivity contribution in [3.8, 4) is 5.75 Å². The fourth-order valence-electron chi connectivity index (χ4n) is 2.43. The number of nitrogen functional groups attached to an aromatic ring is 1. The first kappa shape index (κ1) is 19.1. The molecule has 134 valence electrons. The molecule has 0 radical (unpaired) electrons. The van der Waals surface area contributed by atoms with E-state index in [2.05, 4.69) is 29.3 Å². The number of carbonyl (C=O) groups is 1. The number of ether oxygens (including phenoxy) is 1. The van der Waals surface area contributed by atoms with Crippen LogP contribution in [0.1, 0.15) is 22.8 Å². The number of anilines is 1. The summed E-state index contributed by atoms with van der Waals surface area (Å²) in [5.41, 5.74) is 7.74. The van der Waals surface area contributed by atoms with Crippen LogP contribution in [0.15, 0.2) is 42.5 Å². The Bertz CT molecular complexity index is 722. The summed E-state index contributed by atoms with van der Waals surface area (Å²) >= 11 is 6.02. The number of hydrogen-bond acceptors (Lipinski definition) is 4. The van der Waals surface area contributed by atoms with Crippen LogP contribution in [0.25, 0.3) is 0 Å². The summed E-state index contributed by atoms with van der Waals surface area (Å²) in [6, 6.07) is 13.5. The van der Waals surface area contributed by atoms with Crippen molar-refractivity contribution < 1.29 is 9.53 Å². The van der Waals surface area contributed by atoms with Gasteiger partial charge in [-0.1, -0.05) is 41.9 Å². The Hall–Kier alpha value is -2.24. The molecule has 3 N–H and O–H groups in total. The predicted molar refractivity (Wildman–Crippen MR) is 102 cm³/mol. The van der Waals surface area contributed by atoms with Crippen LogP contribution in [0.4, 0.5) is 5.69 Å². The van der Waals surface area contributed by atoms with Crippen LogP contribution in [-0.2, 0) is 6.54 Å². The number of nitrogens with one attached hydrogen (secondary N) is 1. The topological polar surface area (TPSA) is 67.6 Å². The van der Waals surface area contributed by atoms with Gasteiger partial charge >= 0.3 is 0 Å². The van der Waals surface area contributed by atoms with Crippen LogP contribution in [0.2, 0.25) is 5.02 Å². The maximum absolute atomic E-state index is 12.5. The van der Waals surface area contributed by atoms with E-state index < -0.39 is 0 Å². The highest BCUT2D eigenvalue weighted by Crippen LogP contribution is 2.28. The largest absolute Gasteiger partial charge is 0.496 e. The van der Waals surface area contributed by atoms with Crippen LogP contribution in [0, 0.1) is 0 Å². The number of carbonyl (C=O) groups excluding carboxylic acids is 1. The molecule has 0 aromatic heterocycles. The molecule has 6 heteroatoms. The standard InChI is InChI=1S/C19H24ClN3O2/c1-13(23(2)12-14-7-5-4-6-8-14)11-22-19(24)15-9-16(20)17(21)10-18(15)25-3/h4-10,13H,11-12,21H2,1-3H3,(H,22,24). The van der Waals surface area contributed by atoms with Crippen molar-refractivity contribution in [3.05, 3.63) is 58.6 Å². The summed E-state index contributed by atoms with van der Waals surface area (Å²) in [4.78, 5) is 14.6. The van der Waals surface area contributed by atoms with Crippen LogP contribution in [0.3, 0.4) is 0 Å². The number of amides is 1. The molecule has 2 aromatic carbocycles. The van der Waals surface area contributed by atoms with Crippen LogP contribution < -0.4 is 15.8 Å². The van der Waals surface area contributed by atoms with Gasteiger partial charge < -0.3 is 15.8 Å². The van der Waals surface area contributed by atoms with E-state index in [-0.39, 0.29) is 11.9 Å². The zero-order chi connectivity index (χ0) is 18.4. The minimum atomic E-state index is -0.237. The van der Waals surface area contributed by atoms with Gasteiger partial charge in [-0.2, -0.15) is 0 Å². The number of benzene rings is 2. The molecule has 1 atom stereocenters. The highest BCUT2D eigenvalue weighted by Gasteiger charge is 2.17. The molecule has 5 nitrogen and oxygen atoms in total. The normalized spacial score (nSPS) is 12.0. The summed E-state index contributed by atoms with van der Waals surface area (Å²) in [5, 5.41) is 3.26. The number of halogens is 1. The maximum atomic E-state index is 12.5. The molecule has 1 unspecified atom stereocenters. The van der Waals surface area contributed by atoms with Crippen LogP contribution in [0.5, 0.6) is 5.75 Å². The fraction of sp³-hybridized carbons (Fsp3) is 0.316. The molecule has 2 aromatic rings. The van der Waals surface area contributed by atoms with Gasteiger partial charge in [0.2, 0.25) is 0 Å². The average Bonchev–Trinajstić information content (AvgIpc) is 2.62. The monoisotopic (exact) mass is 361 g/mol. The molecule has 0 aliphatic carbocycles. The predicted octanol–water partition coefficient (Wildman–Crippen LogP) is 3.18. The highest BCUT2D eigenvalue weighted by molar-refractivity contribution is 6.33. The summed E-state index contributed by atoms with van der Waals surface area (Å²) < 4.78 is 5.23. The van der Waals surface area contributed by atoms with Gasteiger partial charge in [-0.05, 0) is 25.6 Å². The second-order valence-corrected chi connectivity index (χ2v) is 6.44. The van der Waals surface area contributed by atoms with Crippen molar-refractivity contribution in [2.24, 2.45) is 0 Å². The lowest BCUT2D eigenvalue weighted by Gasteiger charge is -2.25. The third-order valence-corrected chi connectivity index (χ3v) is 4.48. The summed E-state index contributed by atoms with van der Waals surface area (Å²) in [7, 11) is 3.53. The molecule has 1 amide bonds. The first-order valence-electron chi connectivity index (χ1n) is 8.07. The zero-order valence-electron chi connectivity index (χ0n) is 14.8. The first-order chi connectivity index (χ1) is 11.9. The Kier molecular flexibility index (Phi) is 6.67. The summed E-state index contributed by atoms with van der Waals surface area (Å²) in [6.45, 7) is 3.39. The molecule has 0 saturated carbocycles. The molecular weight excluding hydrogens is 338 g/mol. The van der Waals surface area contributed by atoms with Crippen molar-refractivity contribution in [1.29, 1.82) is 0 Å². The minimum Gasteiger partial charge on any atom is -0.496 e. The van der Waals surface area contributed by atoms with Gasteiger partial charge in [0.15, 0.2) is 0 Å². The quantitative estimate of drug-likeness (QED) is 0.743. The maximum Gasteiger partial charge on any atom is 0.255 e. The van der Waals surface area contributed by atoms with E-state index in [1.165, 1.54) is 18.7 Å². The fourth-order valence-corrected chi connectivity index (χ4v) is 2.60. The van der Waals surface area contributed by atoms with Gasteiger partial charge in [-0.15, -0.1) is 0 Å².